The van der Waals surface area contributed by atoms with Gasteiger partial charge < -0.3 is 9.84 Å². The lowest BCUT2D eigenvalue weighted by Gasteiger charge is -2.07. The summed E-state index contributed by atoms with van der Waals surface area (Å²) >= 11 is 0. The van der Waals surface area contributed by atoms with Gasteiger partial charge in [0.1, 0.15) is 24.2 Å². The van der Waals surface area contributed by atoms with Gasteiger partial charge in [-0.2, -0.15) is 0 Å². The Morgan fingerprint density at radius 3 is 2.76 bits per heavy atom. The Balaban J connectivity index is 2.22. The predicted octanol–water partition coefficient (Wildman–Crippen LogP) is 2.41. The highest BCUT2D eigenvalue weighted by molar-refractivity contribution is 5.92. The van der Waals surface area contributed by atoms with Crippen LogP contribution in [-0.4, -0.2) is 21.0 Å². The first-order valence-electron chi connectivity index (χ1n) is 5.73. The van der Waals surface area contributed by atoms with Crippen LogP contribution in [-0.2, 0) is 6.61 Å². The monoisotopic (exact) mass is 292 g/mol. The van der Waals surface area contributed by atoms with Crippen molar-refractivity contribution in [1.82, 2.24) is 4.98 Å². The van der Waals surface area contributed by atoms with Crippen LogP contribution in [0.15, 0.2) is 36.5 Å². The SMILES string of the molecule is O=C(O)c1cc(OCc2ccccc2F)ncc1[N+](=O)[O-]. The van der Waals surface area contributed by atoms with Gasteiger partial charge in [0.2, 0.25) is 5.88 Å². The molecule has 0 aliphatic heterocycles. The van der Waals surface area contributed by atoms with Gasteiger partial charge in [0.15, 0.2) is 0 Å². The van der Waals surface area contributed by atoms with E-state index in [1.54, 1.807) is 6.07 Å². The molecule has 0 bridgehead atoms. The largest absolute Gasteiger partial charge is 0.477 e. The highest BCUT2D eigenvalue weighted by atomic mass is 19.1. The fourth-order valence-electron chi connectivity index (χ4n) is 1.59. The maximum absolute atomic E-state index is 13.4. The third-order valence-electron chi connectivity index (χ3n) is 2.62. The van der Waals surface area contributed by atoms with E-state index in [9.17, 15) is 19.3 Å². The van der Waals surface area contributed by atoms with E-state index in [0.717, 1.165) is 12.3 Å². The number of carbonyl (C=O) groups is 1. The van der Waals surface area contributed by atoms with Gasteiger partial charge in [-0.1, -0.05) is 18.2 Å². The van der Waals surface area contributed by atoms with Crippen LogP contribution in [0.4, 0.5) is 10.1 Å². The standard InChI is InChI=1S/C13H9FN2O5/c14-10-4-2-1-3-8(10)7-21-12-5-9(13(17)18)11(6-15-12)16(19)20/h1-6H,7H2,(H,17,18). The minimum absolute atomic E-state index is 0.138. The first-order valence-corrected chi connectivity index (χ1v) is 5.73. The molecular formula is C13H9FN2O5. The number of benzene rings is 1. The van der Waals surface area contributed by atoms with Crippen LogP contribution in [0.3, 0.4) is 0 Å². The number of nitro groups is 1. The van der Waals surface area contributed by atoms with Gasteiger partial charge in [-0.15, -0.1) is 0 Å². The summed E-state index contributed by atoms with van der Waals surface area (Å²) < 4.78 is 18.5. The number of halogens is 1. The third-order valence-corrected chi connectivity index (χ3v) is 2.62. The minimum Gasteiger partial charge on any atom is -0.477 e. The Labute approximate surface area is 117 Å². The summed E-state index contributed by atoms with van der Waals surface area (Å²) in [7, 11) is 0. The Bertz CT molecular complexity index is 705. The number of aromatic carboxylic acids is 1. The average molecular weight is 292 g/mol. The van der Waals surface area contributed by atoms with Crippen molar-refractivity contribution >= 4 is 11.7 Å². The molecule has 1 aromatic carbocycles. The fourth-order valence-corrected chi connectivity index (χ4v) is 1.59. The zero-order chi connectivity index (χ0) is 15.4. The van der Waals surface area contributed by atoms with Crippen molar-refractivity contribution in [2.75, 3.05) is 0 Å². The number of ether oxygens (including phenoxy) is 1. The molecule has 7 nitrogen and oxygen atoms in total. The fraction of sp³-hybridized carbons (Fsp3) is 0.0769. The van der Waals surface area contributed by atoms with Crippen molar-refractivity contribution in [3.05, 3.63) is 63.6 Å². The second-order valence-corrected chi connectivity index (χ2v) is 3.98. The normalized spacial score (nSPS) is 10.1. The smallest absolute Gasteiger partial charge is 0.342 e. The number of carboxylic acids is 1. The molecular weight excluding hydrogens is 283 g/mol. The summed E-state index contributed by atoms with van der Waals surface area (Å²) in [6.07, 6.45) is 0.792. The van der Waals surface area contributed by atoms with Crippen LogP contribution in [0.25, 0.3) is 0 Å². The molecule has 0 radical (unpaired) electrons. The Morgan fingerprint density at radius 2 is 2.14 bits per heavy atom. The highest BCUT2D eigenvalue weighted by Crippen LogP contribution is 2.22. The number of rotatable bonds is 5. The second kappa shape index (κ2) is 5.95. The van der Waals surface area contributed by atoms with Gasteiger partial charge in [0, 0.05) is 11.6 Å². The number of hydrogen-bond acceptors (Lipinski definition) is 5. The molecule has 0 saturated heterocycles. The second-order valence-electron chi connectivity index (χ2n) is 3.98. The molecule has 0 atom stereocenters. The summed E-state index contributed by atoms with van der Waals surface area (Å²) in [6.45, 7) is -0.170. The molecule has 1 heterocycles. The molecule has 8 heteroatoms. The first-order chi connectivity index (χ1) is 9.99. The van der Waals surface area contributed by atoms with Gasteiger partial charge >= 0.3 is 11.7 Å². The van der Waals surface area contributed by atoms with E-state index in [4.69, 9.17) is 9.84 Å². The lowest BCUT2D eigenvalue weighted by Crippen LogP contribution is -2.06. The van der Waals surface area contributed by atoms with Gasteiger partial charge in [-0.05, 0) is 6.07 Å². The van der Waals surface area contributed by atoms with E-state index in [-0.39, 0.29) is 18.1 Å². The van der Waals surface area contributed by atoms with E-state index in [0.29, 0.717) is 0 Å². The molecule has 0 aliphatic rings. The molecule has 21 heavy (non-hydrogen) atoms. The van der Waals surface area contributed by atoms with Crippen molar-refractivity contribution in [1.29, 1.82) is 0 Å². The van der Waals surface area contributed by atoms with Crippen LogP contribution in [0.5, 0.6) is 5.88 Å². The van der Waals surface area contributed by atoms with E-state index in [2.05, 4.69) is 4.98 Å². The number of aromatic nitrogens is 1. The van der Waals surface area contributed by atoms with Crippen molar-refractivity contribution in [2.24, 2.45) is 0 Å². The lowest BCUT2D eigenvalue weighted by molar-refractivity contribution is -0.385. The Morgan fingerprint density at radius 1 is 1.43 bits per heavy atom. The number of carboxylic acid groups (broad SMARTS) is 1. The lowest BCUT2D eigenvalue weighted by atomic mass is 10.2. The quantitative estimate of drug-likeness (QED) is 0.670. The summed E-state index contributed by atoms with van der Waals surface area (Å²) in [5.74, 6) is -2.08. The molecule has 0 amide bonds. The van der Waals surface area contributed by atoms with Gasteiger partial charge in [-0.3, -0.25) is 10.1 Å². The molecule has 2 aromatic rings. The molecule has 2 rings (SSSR count). The van der Waals surface area contributed by atoms with E-state index >= 15 is 0 Å². The van der Waals surface area contributed by atoms with Crippen molar-refractivity contribution in [2.45, 2.75) is 6.61 Å². The maximum Gasteiger partial charge on any atom is 0.342 e. The summed E-state index contributed by atoms with van der Waals surface area (Å²) in [5, 5.41) is 19.6. The Kier molecular flexibility index (Phi) is 4.07. The van der Waals surface area contributed by atoms with E-state index in [1.165, 1.54) is 18.2 Å². The number of nitrogens with zero attached hydrogens (tertiary/aromatic N) is 2. The van der Waals surface area contributed by atoms with Crippen molar-refractivity contribution in [3.63, 3.8) is 0 Å². The molecule has 0 fully saturated rings. The van der Waals surface area contributed by atoms with E-state index < -0.39 is 28.0 Å². The Hall–Kier alpha value is -3.03. The third kappa shape index (κ3) is 3.30. The van der Waals surface area contributed by atoms with Crippen LogP contribution >= 0.6 is 0 Å². The molecule has 0 unspecified atom stereocenters. The maximum atomic E-state index is 13.4. The van der Waals surface area contributed by atoms with Crippen LogP contribution in [0, 0.1) is 15.9 Å². The minimum atomic E-state index is -1.47. The molecule has 0 spiro atoms. The van der Waals surface area contributed by atoms with Crippen LogP contribution < -0.4 is 4.74 Å². The number of pyridine rings is 1. The van der Waals surface area contributed by atoms with E-state index in [1.807, 2.05) is 0 Å². The van der Waals surface area contributed by atoms with Gasteiger partial charge in [0.05, 0.1) is 4.92 Å². The van der Waals surface area contributed by atoms with Crippen molar-refractivity contribution in [3.8, 4) is 5.88 Å². The first kappa shape index (κ1) is 14.4. The van der Waals surface area contributed by atoms with Crippen LogP contribution in [0.2, 0.25) is 0 Å². The average Bonchev–Trinajstić information content (AvgIpc) is 2.46. The van der Waals surface area contributed by atoms with Crippen LogP contribution in [0.1, 0.15) is 15.9 Å². The zero-order valence-corrected chi connectivity index (χ0v) is 10.5. The molecule has 108 valence electrons. The molecule has 1 aromatic heterocycles. The topological polar surface area (TPSA) is 103 Å². The van der Waals surface area contributed by atoms with Crippen molar-refractivity contribution < 1.29 is 24.0 Å². The summed E-state index contributed by atoms with van der Waals surface area (Å²) in [6, 6.07) is 6.82. The predicted molar refractivity (Wildman–Crippen MR) is 68.6 cm³/mol. The molecule has 0 aliphatic carbocycles. The summed E-state index contributed by atoms with van der Waals surface area (Å²) in [4.78, 5) is 24.4. The summed E-state index contributed by atoms with van der Waals surface area (Å²) in [5.41, 5.74) is -0.922. The highest BCUT2D eigenvalue weighted by Gasteiger charge is 2.21. The number of hydrogen-bond donors (Lipinski definition) is 1. The molecule has 1 N–H and O–H groups in total. The van der Waals surface area contributed by atoms with Gasteiger partial charge in [0.25, 0.3) is 0 Å². The zero-order valence-electron chi connectivity index (χ0n) is 10.5. The van der Waals surface area contributed by atoms with Gasteiger partial charge in [-0.25, -0.2) is 14.2 Å². The molecule has 0 saturated carbocycles.